The molecule has 40 heavy (non-hydrogen) atoms. The lowest BCUT2D eigenvalue weighted by molar-refractivity contribution is -0.385. The lowest BCUT2D eigenvalue weighted by Gasteiger charge is -2.17. The molecule has 15 nitrogen and oxygen atoms in total. The highest BCUT2D eigenvalue weighted by Gasteiger charge is 2.48. The van der Waals surface area contributed by atoms with Crippen molar-refractivity contribution >= 4 is 11.4 Å². The number of hydrogen-bond donors (Lipinski definition) is 4. The number of non-ortho nitro benzene ring substituents is 2. The predicted octanol–water partition coefficient (Wildman–Crippen LogP) is 0.943. The second-order valence-corrected chi connectivity index (χ2v) is 9.07. The van der Waals surface area contributed by atoms with Crippen LogP contribution in [0.1, 0.15) is 7.43 Å². The zero-order chi connectivity index (χ0) is 28.1. The lowest BCUT2D eigenvalue weighted by atomic mass is 10.1. The van der Waals surface area contributed by atoms with Gasteiger partial charge in [0.05, 0.1) is 36.3 Å². The van der Waals surface area contributed by atoms with E-state index in [1.165, 1.54) is 48.5 Å². The van der Waals surface area contributed by atoms with Gasteiger partial charge in [0, 0.05) is 24.3 Å². The van der Waals surface area contributed by atoms with E-state index in [9.17, 15) is 25.3 Å². The summed E-state index contributed by atoms with van der Waals surface area (Å²) in [7, 11) is 0. The van der Waals surface area contributed by atoms with Crippen LogP contribution >= 0.6 is 0 Å². The Labute approximate surface area is 228 Å². The number of aromatic hydroxyl groups is 1. The highest BCUT2D eigenvalue weighted by Crippen LogP contribution is 2.30. The number of nitrogens with zero attached hydrogens (tertiary/aromatic N) is 2. The molecule has 0 saturated carbocycles. The van der Waals surface area contributed by atoms with E-state index >= 15 is 0 Å². The Kier molecular flexibility index (Phi) is 10.7. The predicted molar refractivity (Wildman–Crippen MR) is 136 cm³/mol. The third-order valence-electron chi connectivity index (χ3n) is 6.38. The number of rotatable bonds is 4. The molecule has 2 aromatic carbocycles. The van der Waals surface area contributed by atoms with Gasteiger partial charge in [0.2, 0.25) is 0 Å². The first-order valence-corrected chi connectivity index (χ1v) is 12.0. The van der Waals surface area contributed by atoms with E-state index in [1.807, 2.05) is 0 Å². The van der Waals surface area contributed by atoms with Gasteiger partial charge in [-0.2, -0.15) is 0 Å². The summed E-state index contributed by atoms with van der Waals surface area (Å²) in [6.07, 6.45) is -3.25. The summed E-state index contributed by atoms with van der Waals surface area (Å²) in [4.78, 5) is 19.6. The average molecular weight is 569 g/mol. The first kappa shape index (κ1) is 31.1. The van der Waals surface area contributed by atoms with Gasteiger partial charge in [-0.05, 0) is 24.3 Å². The number of benzene rings is 2. The highest BCUT2D eigenvalue weighted by molar-refractivity contribution is 5.36. The molecule has 2 aromatic rings. The van der Waals surface area contributed by atoms with Gasteiger partial charge >= 0.3 is 0 Å². The number of aliphatic hydroxyl groups excluding tert-OH is 3. The molecule has 0 bridgehead atoms. The summed E-state index contributed by atoms with van der Waals surface area (Å²) in [5.41, 5.74) is -0.00163. The molecule has 4 saturated heterocycles. The van der Waals surface area contributed by atoms with E-state index in [1.54, 1.807) is 0 Å². The standard InChI is InChI=1S/C12H13NO6.C6H5NO3.C6H10O4.CH4/c14-9-5-17-12-10(6-18-11(9)12)19-8-3-1-7(2-4-8)13(15)16;8-6-3-1-5(2-4-6)7(9)10;7-3-1-9-6-4(8)2-10-5(3)6;/h1-4,9-12,14H,5-6H2;1-4,8H;3-8H,1-2H2;1H4/t9-,10?,11+,12+;;3-,4?,5+,6+;/m0.0./s1. The van der Waals surface area contributed by atoms with Crippen molar-refractivity contribution in [3.05, 3.63) is 68.8 Å². The van der Waals surface area contributed by atoms with Crippen molar-refractivity contribution in [1.82, 2.24) is 0 Å². The van der Waals surface area contributed by atoms with Crippen LogP contribution in [0.5, 0.6) is 11.5 Å². The zero-order valence-corrected chi connectivity index (χ0v) is 20.4. The zero-order valence-electron chi connectivity index (χ0n) is 20.4. The number of aliphatic hydroxyl groups is 3. The smallest absolute Gasteiger partial charge is 0.269 e. The lowest BCUT2D eigenvalue weighted by Crippen LogP contribution is -2.34. The van der Waals surface area contributed by atoms with Crippen LogP contribution in [0.15, 0.2) is 48.5 Å². The van der Waals surface area contributed by atoms with Gasteiger partial charge in [-0.3, -0.25) is 20.2 Å². The average Bonchev–Trinajstić information content (AvgIpc) is 3.68. The second kappa shape index (κ2) is 13.8. The topological polar surface area (TPSA) is 213 Å². The molecule has 0 radical (unpaired) electrons. The van der Waals surface area contributed by atoms with E-state index < -0.39 is 28.2 Å². The van der Waals surface area contributed by atoms with Crippen LogP contribution in [0.4, 0.5) is 11.4 Å². The number of nitro benzene ring substituents is 2. The fraction of sp³-hybridized carbons (Fsp3) is 0.520. The van der Waals surface area contributed by atoms with Crippen molar-refractivity contribution < 1.29 is 54.0 Å². The van der Waals surface area contributed by atoms with Gasteiger partial charge < -0.3 is 44.1 Å². The molecular formula is C25H32N2O13. The van der Waals surface area contributed by atoms with Crippen LogP contribution in [0.25, 0.3) is 0 Å². The fourth-order valence-corrected chi connectivity index (χ4v) is 4.40. The summed E-state index contributed by atoms with van der Waals surface area (Å²) in [5.74, 6) is 0.551. The molecular weight excluding hydrogens is 536 g/mol. The second-order valence-electron chi connectivity index (χ2n) is 9.07. The van der Waals surface area contributed by atoms with Crippen molar-refractivity contribution in [2.24, 2.45) is 0 Å². The number of phenols is 1. The SMILES string of the molecule is C.O=[N+]([O-])c1ccc(O)cc1.O=[N+]([O-])c1ccc(OC2CO[C@H]3[C@@H]2OC[C@@H]3O)cc1.OC1CO[C@H]2[C@@H]1OC[C@@H]2O. The Morgan fingerprint density at radius 3 is 1.48 bits per heavy atom. The van der Waals surface area contributed by atoms with Crippen LogP contribution in [-0.2, 0) is 18.9 Å². The number of ether oxygens (including phenoxy) is 5. The fourth-order valence-electron chi connectivity index (χ4n) is 4.40. The van der Waals surface area contributed by atoms with Crippen LogP contribution in [0, 0.1) is 20.2 Å². The van der Waals surface area contributed by atoms with E-state index in [2.05, 4.69) is 0 Å². The minimum Gasteiger partial charge on any atom is -0.508 e. The number of nitro groups is 2. The Hall–Kier alpha value is -3.44. The third-order valence-corrected chi connectivity index (χ3v) is 6.38. The van der Waals surface area contributed by atoms with Crippen LogP contribution < -0.4 is 4.74 Å². The summed E-state index contributed by atoms with van der Waals surface area (Å²) in [6, 6.07) is 10.9. The van der Waals surface area contributed by atoms with E-state index in [4.69, 9.17) is 39.0 Å². The summed E-state index contributed by atoms with van der Waals surface area (Å²) in [6.45, 7) is 1.15. The van der Waals surface area contributed by atoms with Gasteiger partial charge in [-0.25, -0.2) is 0 Å². The largest absolute Gasteiger partial charge is 0.508 e. The normalized spacial score (nSPS) is 31.4. The number of phenolic OH excluding ortho intramolecular Hbond substituents is 1. The van der Waals surface area contributed by atoms with E-state index in [0.29, 0.717) is 12.4 Å². The Morgan fingerprint density at radius 1 is 0.650 bits per heavy atom. The number of hydrogen-bond acceptors (Lipinski definition) is 13. The number of fused-ring (bicyclic) bond motifs is 2. The van der Waals surface area contributed by atoms with Crippen LogP contribution in [0.3, 0.4) is 0 Å². The molecule has 4 aliphatic heterocycles. The quantitative estimate of drug-likeness (QED) is 0.299. The summed E-state index contributed by atoms with van der Waals surface area (Å²) >= 11 is 0. The van der Waals surface area contributed by atoms with Crippen LogP contribution in [-0.4, -0.2) is 106 Å². The first-order valence-electron chi connectivity index (χ1n) is 12.0. The molecule has 4 N–H and O–H groups in total. The molecule has 0 spiro atoms. The molecule has 0 aliphatic carbocycles. The highest BCUT2D eigenvalue weighted by atomic mass is 16.6. The molecule has 0 amide bonds. The van der Waals surface area contributed by atoms with E-state index in [-0.39, 0.29) is 74.9 Å². The maximum absolute atomic E-state index is 10.5. The Balaban J connectivity index is 0.000000178. The van der Waals surface area contributed by atoms with Gasteiger partial charge in [0.15, 0.2) is 6.10 Å². The summed E-state index contributed by atoms with van der Waals surface area (Å²) in [5, 5.41) is 57.2. The first-order chi connectivity index (χ1) is 18.6. The van der Waals surface area contributed by atoms with Crippen LogP contribution in [0.2, 0.25) is 0 Å². The van der Waals surface area contributed by atoms with Gasteiger partial charge in [-0.1, -0.05) is 7.43 Å². The molecule has 4 heterocycles. The molecule has 220 valence electrons. The molecule has 8 atom stereocenters. The van der Waals surface area contributed by atoms with Gasteiger partial charge in [0.1, 0.15) is 54.2 Å². The minimum absolute atomic E-state index is 0. The Bertz CT molecular complexity index is 1100. The molecule has 4 aliphatic rings. The van der Waals surface area contributed by atoms with Crippen molar-refractivity contribution in [2.45, 2.75) is 56.3 Å². The Morgan fingerprint density at radius 2 is 1.02 bits per heavy atom. The van der Waals surface area contributed by atoms with Gasteiger partial charge in [0.25, 0.3) is 11.4 Å². The van der Waals surface area contributed by atoms with Crippen molar-refractivity contribution in [1.29, 1.82) is 0 Å². The summed E-state index contributed by atoms with van der Waals surface area (Å²) < 4.78 is 26.7. The molecule has 15 heteroatoms. The molecule has 0 aromatic heterocycles. The van der Waals surface area contributed by atoms with Crippen molar-refractivity contribution in [3.63, 3.8) is 0 Å². The molecule has 2 unspecified atom stereocenters. The third kappa shape index (κ3) is 7.39. The maximum atomic E-state index is 10.5. The maximum Gasteiger partial charge on any atom is 0.269 e. The minimum atomic E-state index is -0.615. The van der Waals surface area contributed by atoms with Gasteiger partial charge in [-0.15, -0.1) is 0 Å². The van der Waals surface area contributed by atoms with Crippen molar-refractivity contribution in [3.8, 4) is 11.5 Å². The van der Waals surface area contributed by atoms with Crippen molar-refractivity contribution in [2.75, 3.05) is 26.4 Å². The molecule has 4 fully saturated rings. The monoisotopic (exact) mass is 568 g/mol. The molecule has 6 rings (SSSR count). The van der Waals surface area contributed by atoms with E-state index in [0.717, 1.165) is 0 Å².